The molecule has 1 fully saturated rings. The molecule has 1 aliphatic heterocycles. The van der Waals surface area contributed by atoms with E-state index in [1.807, 2.05) is 6.07 Å². The van der Waals surface area contributed by atoms with E-state index < -0.39 is 10.0 Å². The Labute approximate surface area is 107 Å². The van der Waals surface area contributed by atoms with E-state index >= 15 is 0 Å². The standard InChI is InChI=1S/C11H19N3O3S/c1-18(15,16)14-5-3-13(4-6-14)9-10-2-7-17-11(10)8-12/h2,7H,3-6,8-9,12H2,1H3. The van der Waals surface area contributed by atoms with Crippen LogP contribution >= 0.6 is 0 Å². The Morgan fingerprint density at radius 1 is 1.33 bits per heavy atom. The molecular formula is C11H19N3O3S. The number of furan rings is 1. The van der Waals surface area contributed by atoms with Crippen molar-refractivity contribution in [2.45, 2.75) is 13.1 Å². The summed E-state index contributed by atoms with van der Waals surface area (Å²) in [7, 11) is -3.06. The summed E-state index contributed by atoms with van der Waals surface area (Å²) in [5.41, 5.74) is 6.67. The summed E-state index contributed by atoms with van der Waals surface area (Å²) >= 11 is 0. The van der Waals surface area contributed by atoms with Gasteiger partial charge in [-0.3, -0.25) is 4.90 Å². The van der Waals surface area contributed by atoms with Gasteiger partial charge in [0.2, 0.25) is 10.0 Å². The second kappa shape index (κ2) is 5.40. The van der Waals surface area contributed by atoms with E-state index in [2.05, 4.69) is 4.90 Å². The molecule has 102 valence electrons. The maximum absolute atomic E-state index is 11.4. The normalized spacial score (nSPS) is 19.2. The molecule has 7 heteroatoms. The van der Waals surface area contributed by atoms with Crippen molar-refractivity contribution in [3.05, 3.63) is 23.7 Å². The third kappa shape index (κ3) is 3.11. The predicted octanol–water partition coefficient (Wildman–Crippen LogP) is -0.184. The van der Waals surface area contributed by atoms with E-state index in [0.717, 1.165) is 31.0 Å². The first-order chi connectivity index (χ1) is 8.50. The fourth-order valence-electron chi connectivity index (χ4n) is 2.15. The van der Waals surface area contributed by atoms with Crippen molar-refractivity contribution in [2.24, 2.45) is 5.73 Å². The predicted molar refractivity (Wildman–Crippen MR) is 68.3 cm³/mol. The van der Waals surface area contributed by atoms with E-state index in [1.165, 1.54) is 10.6 Å². The summed E-state index contributed by atoms with van der Waals surface area (Å²) in [5.74, 6) is 0.806. The van der Waals surface area contributed by atoms with Gasteiger partial charge in [-0.05, 0) is 6.07 Å². The van der Waals surface area contributed by atoms with E-state index in [0.29, 0.717) is 19.6 Å². The van der Waals surface area contributed by atoms with E-state index in [-0.39, 0.29) is 0 Å². The van der Waals surface area contributed by atoms with Gasteiger partial charge < -0.3 is 10.2 Å². The van der Waals surface area contributed by atoms with Gasteiger partial charge in [0.05, 0.1) is 19.1 Å². The highest BCUT2D eigenvalue weighted by molar-refractivity contribution is 7.88. The van der Waals surface area contributed by atoms with Crippen LogP contribution in [0.4, 0.5) is 0 Å². The quantitative estimate of drug-likeness (QED) is 0.823. The Morgan fingerprint density at radius 3 is 2.56 bits per heavy atom. The number of sulfonamides is 1. The third-order valence-electron chi connectivity index (χ3n) is 3.22. The van der Waals surface area contributed by atoms with E-state index in [9.17, 15) is 8.42 Å². The molecule has 6 nitrogen and oxygen atoms in total. The lowest BCUT2D eigenvalue weighted by molar-refractivity contribution is 0.181. The Balaban J connectivity index is 1.91. The lowest BCUT2D eigenvalue weighted by Crippen LogP contribution is -2.47. The number of rotatable bonds is 4. The van der Waals surface area contributed by atoms with Crippen LogP contribution < -0.4 is 5.73 Å². The molecule has 0 aliphatic carbocycles. The minimum atomic E-state index is -3.06. The van der Waals surface area contributed by atoms with Crippen molar-refractivity contribution in [2.75, 3.05) is 32.4 Å². The summed E-state index contributed by atoms with van der Waals surface area (Å²) in [6, 6.07) is 1.92. The molecule has 2 heterocycles. The summed E-state index contributed by atoms with van der Waals surface area (Å²) in [5, 5.41) is 0. The summed E-state index contributed by atoms with van der Waals surface area (Å²) in [4.78, 5) is 2.21. The second-order valence-corrected chi connectivity index (χ2v) is 6.49. The highest BCUT2D eigenvalue weighted by Gasteiger charge is 2.23. The number of nitrogens with zero attached hydrogens (tertiary/aromatic N) is 2. The zero-order valence-electron chi connectivity index (χ0n) is 10.5. The van der Waals surface area contributed by atoms with Crippen molar-refractivity contribution in [3.8, 4) is 0 Å². The molecule has 2 N–H and O–H groups in total. The maximum Gasteiger partial charge on any atom is 0.211 e. The van der Waals surface area contributed by atoms with Crippen molar-refractivity contribution >= 4 is 10.0 Å². The lowest BCUT2D eigenvalue weighted by Gasteiger charge is -2.33. The minimum Gasteiger partial charge on any atom is -0.468 e. The Morgan fingerprint density at radius 2 is 2.00 bits per heavy atom. The minimum absolute atomic E-state index is 0.394. The molecule has 0 amide bonds. The SMILES string of the molecule is CS(=O)(=O)N1CCN(Cc2ccoc2CN)CC1. The van der Waals surface area contributed by atoms with Gasteiger partial charge in [-0.2, -0.15) is 4.31 Å². The molecule has 0 radical (unpaired) electrons. The highest BCUT2D eigenvalue weighted by Crippen LogP contribution is 2.15. The van der Waals surface area contributed by atoms with Crippen LogP contribution in [0.25, 0.3) is 0 Å². The van der Waals surface area contributed by atoms with Gasteiger partial charge in [0.1, 0.15) is 5.76 Å². The topological polar surface area (TPSA) is 79.8 Å². The molecule has 0 saturated carbocycles. The second-order valence-electron chi connectivity index (χ2n) is 4.51. The summed E-state index contributed by atoms with van der Waals surface area (Å²) in [6.07, 6.45) is 2.90. The third-order valence-corrected chi connectivity index (χ3v) is 4.52. The fourth-order valence-corrected chi connectivity index (χ4v) is 2.97. The first kappa shape index (κ1) is 13.5. The van der Waals surface area contributed by atoms with Gasteiger partial charge in [0, 0.05) is 38.3 Å². The maximum atomic E-state index is 11.4. The van der Waals surface area contributed by atoms with Gasteiger partial charge in [-0.15, -0.1) is 0 Å². The summed E-state index contributed by atoms with van der Waals surface area (Å²) in [6.45, 7) is 3.74. The smallest absolute Gasteiger partial charge is 0.211 e. The van der Waals surface area contributed by atoms with Crippen LogP contribution in [-0.2, 0) is 23.1 Å². The van der Waals surface area contributed by atoms with Crippen LogP contribution in [0.15, 0.2) is 16.7 Å². The van der Waals surface area contributed by atoms with Gasteiger partial charge >= 0.3 is 0 Å². The number of piperazine rings is 1. The molecular weight excluding hydrogens is 254 g/mol. The monoisotopic (exact) mass is 273 g/mol. The molecule has 1 aliphatic rings. The zero-order valence-corrected chi connectivity index (χ0v) is 11.3. The fraction of sp³-hybridized carbons (Fsp3) is 0.636. The lowest BCUT2D eigenvalue weighted by atomic mass is 10.2. The molecule has 0 unspecified atom stereocenters. The van der Waals surface area contributed by atoms with Gasteiger partial charge in [0.15, 0.2) is 0 Å². The van der Waals surface area contributed by atoms with Crippen molar-refractivity contribution in [1.29, 1.82) is 0 Å². The number of nitrogens with two attached hydrogens (primary N) is 1. The molecule has 0 atom stereocenters. The average Bonchev–Trinajstić information content (AvgIpc) is 2.76. The molecule has 1 saturated heterocycles. The first-order valence-electron chi connectivity index (χ1n) is 5.93. The van der Waals surface area contributed by atoms with Gasteiger partial charge in [-0.1, -0.05) is 0 Å². The first-order valence-corrected chi connectivity index (χ1v) is 7.78. The van der Waals surface area contributed by atoms with E-state index in [4.69, 9.17) is 10.2 Å². The molecule has 1 aromatic rings. The number of hydrogen-bond acceptors (Lipinski definition) is 5. The van der Waals surface area contributed by atoms with Crippen LogP contribution in [0.3, 0.4) is 0 Å². The molecule has 0 bridgehead atoms. The number of hydrogen-bond donors (Lipinski definition) is 1. The van der Waals surface area contributed by atoms with Crippen LogP contribution in [0, 0.1) is 0 Å². The van der Waals surface area contributed by atoms with Crippen molar-refractivity contribution in [3.63, 3.8) is 0 Å². The average molecular weight is 273 g/mol. The van der Waals surface area contributed by atoms with Crippen LogP contribution in [0.2, 0.25) is 0 Å². The van der Waals surface area contributed by atoms with Crippen molar-refractivity contribution in [1.82, 2.24) is 9.21 Å². The van der Waals surface area contributed by atoms with Crippen molar-refractivity contribution < 1.29 is 12.8 Å². The van der Waals surface area contributed by atoms with E-state index in [1.54, 1.807) is 6.26 Å². The van der Waals surface area contributed by atoms with Crippen LogP contribution in [-0.4, -0.2) is 50.1 Å². The Kier molecular flexibility index (Phi) is 4.06. The highest BCUT2D eigenvalue weighted by atomic mass is 32.2. The molecule has 2 rings (SSSR count). The largest absolute Gasteiger partial charge is 0.468 e. The summed E-state index contributed by atoms with van der Waals surface area (Å²) < 4.78 is 29.6. The van der Waals surface area contributed by atoms with Gasteiger partial charge in [-0.25, -0.2) is 8.42 Å². The molecule has 18 heavy (non-hydrogen) atoms. The van der Waals surface area contributed by atoms with Gasteiger partial charge in [0.25, 0.3) is 0 Å². The Bertz CT molecular complexity index is 489. The van der Waals surface area contributed by atoms with Crippen LogP contribution in [0.1, 0.15) is 11.3 Å². The molecule has 0 spiro atoms. The zero-order chi connectivity index (χ0) is 13.2. The molecule has 0 aromatic carbocycles. The Hall–Kier alpha value is -0.890. The molecule has 1 aromatic heterocycles. The van der Waals surface area contributed by atoms with Crippen LogP contribution in [0.5, 0.6) is 0 Å².